The molecule has 22 heavy (non-hydrogen) atoms. The second-order valence-corrected chi connectivity index (χ2v) is 6.05. The molecule has 2 aromatic rings. The molecule has 0 radical (unpaired) electrons. The number of fused-ring (bicyclic) bond motifs is 1. The number of para-hydroxylation sites is 1. The van der Waals surface area contributed by atoms with E-state index in [2.05, 4.69) is 15.9 Å². The summed E-state index contributed by atoms with van der Waals surface area (Å²) in [6.45, 7) is 2.44. The van der Waals surface area contributed by atoms with Crippen LogP contribution in [0.1, 0.15) is 6.92 Å². The molecule has 2 aromatic carbocycles. The van der Waals surface area contributed by atoms with Gasteiger partial charge in [-0.2, -0.15) is 0 Å². The van der Waals surface area contributed by atoms with Crippen LogP contribution in [0.2, 0.25) is 0 Å². The van der Waals surface area contributed by atoms with Gasteiger partial charge in [0, 0.05) is 4.47 Å². The lowest BCUT2D eigenvalue weighted by Gasteiger charge is -2.35. The molecule has 3 rings (SSSR count). The highest BCUT2D eigenvalue weighted by Gasteiger charge is 2.29. The molecule has 0 bridgehead atoms. The molecule has 0 saturated carbocycles. The number of hydrogen-bond acceptors (Lipinski definition) is 3. The molecule has 5 heteroatoms. The van der Waals surface area contributed by atoms with Crippen molar-refractivity contribution >= 4 is 27.5 Å². The van der Waals surface area contributed by atoms with Crippen LogP contribution in [0.15, 0.2) is 53.0 Å². The Labute approximate surface area is 137 Å². The SMILES string of the molecule is CC1COc2ccc(Br)cc2N1C(=O)COc1ccccc1. The molecule has 1 aliphatic heterocycles. The van der Waals surface area contributed by atoms with Gasteiger partial charge in [-0.05, 0) is 37.3 Å². The number of rotatable bonds is 3. The zero-order valence-electron chi connectivity index (χ0n) is 12.2. The van der Waals surface area contributed by atoms with Gasteiger partial charge in [-0.1, -0.05) is 34.1 Å². The first-order valence-corrected chi connectivity index (χ1v) is 7.86. The monoisotopic (exact) mass is 361 g/mol. The third kappa shape index (κ3) is 3.09. The van der Waals surface area contributed by atoms with Crippen LogP contribution in [-0.2, 0) is 4.79 Å². The van der Waals surface area contributed by atoms with E-state index in [1.165, 1.54) is 0 Å². The molecular weight excluding hydrogens is 346 g/mol. The number of ether oxygens (including phenoxy) is 2. The topological polar surface area (TPSA) is 38.8 Å². The molecule has 0 aliphatic carbocycles. The van der Waals surface area contributed by atoms with Gasteiger partial charge in [-0.25, -0.2) is 0 Å². The van der Waals surface area contributed by atoms with E-state index in [-0.39, 0.29) is 18.6 Å². The van der Waals surface area contributed by atoms with Gasteiger partial charge >= 0.3 is 0 Å². The van der Waals surface area contributed by atoms with Gasteiger partial charge in [-0.15, -0.1) is 0 Å². The Balaban J connectivity index is 1.78. The van der Waals surface area contributed by atoms with E-state index in [9.17, 15) is 4.79 Å². The Morgan fingerprint density at radius 1 is 1.32 bits per heavy atom. The minimum atomic E-state index is -0.0843. The number of nitrogens with zero attached hydrogens (tertiary/aromatic N) is 1. The van der Waals surface area contributed by atoms with E-state index in [1.807, 2.05) is 55.5 Å². The van der Waals surface area contributed by atoms with Crippen molar-refractivity contribution < 1.29 is 14.3 Å². The fourth-order valence-corrected chi connectivity index (χ4v) is 2.78. The van der Waals surface area contributed by atoms with Crippen molar-refractivity contribution in [1.82, 2.24) is 0 Å². The highest BCUT2D eigenvalue weighted by molar-refractivity contribution is 9.10. The molecule has 4 nitrogen and oxygen atoms in total. The number of carbonyl (C=O) groups is 1. The number of carbonyl (C=O) groups excluding carboxylic acids is 1. The molecule has 1 unspecified atom stereocenters. The predicted octanol–water partition coefficient (Wildman–Crippen LogP) is 3.64. The Morgan fingerprint density at radius 3 is 2.86 bits per heavy atom. The molecule has 0 N–H and O–H groups in total. The average Bonchev–Trinajstić information content (AvgIpc) is 2.53. The summed E-state index contributed by atoms with van der Waals surface area (Å²) in [5, 5.41) is 0. The Hall–Kier alpha value is -2.01. The van der Waals surface area contributed by atoms with Gasteiger partial charge in [-0.3, -0.25) is 9.69 Å². The summed E-state index contributed by atoms with van der Waals surface area (Å²) in [6, 6.07) is 15.0. The van der Waals surface area contributed by atoms with Gasteiger partial charge < -0.3 is 9.47 Å². The number of halogens is 1. The lowest BCUT2D eigenvalue weighted by Crippen LogP contribution is -2.47. The van der Waals surface area contributed by atoms with Crippen LogP contribution < -0.4 is 14.4 Å². The smallest absolute Gasteiger partial charge is 0.265 e. The summed E-state index contributed by atoms with van der Waals surface area (Å²) < 4.78 is 12.2. The zero-order chi connectivity index (χ0) is 15.5. The first-order valence-electron chi connectivity index (χ1n) is 7.07. The third-order valence-corrected chi connectivity index (χ3v) is 3.97. The summed E-state index contributed by atoms with van der Waals surface area (Å²) in [4.78, 5) is 14.3. The summed E-state index contributed by atoms with van der Waals surface area (Å²) in [6.07, 6.45) is 0. The largest absolute Gasteiger partial charge is 0.489 e. The maximum atomic E-state index is 12.6. The fraction of sp³-hybridized carbons (Fsp3) is 0.235. The first kappa shape index (κ1) is 14.9. The Kier molecular flexibility index (Phi) is 4.34. The van der Waals surface area contributed by atoms with Crippen molar-refractivity contribution in [1.29, 1.82) is 0 Å². The highest BCUT2D eigenvalue weighted by Crippen LogP contribution is 2.36. The summed E-state index contributed by atoms with van der Waals surface area (Å²) >= 11 is 3.44. The highest BCUT2D eigenvalue weighted by atomic mass is 79.9. The van der Waals surface area contributed by atoms with Crippen LogP contribution in [-0.4, -0.2) is 25.2 Å². The van der Waals surface area contributed by atoms with E-state index < -0.39 is 0 Å². The summed E-state index contributed by atoms with van der Waals surface area (Å²) in [5.41, 5.74) is 0.773. The van der Waals surface area contributed by atoms with Crippen molar-refractivity contribution in [2.75, 3.05) is 18.1 Å². The normalized spacial score (nSPS) is 16.6. The molecule has 0 spiro atoms. The minimum absolute atomic E-state index is 0.000304. The van der Waals surface area contributed by atoms with Crippen LogP contribution in [0.5, 0.6) is 11.5 Å². The lowest BCUT2D eigenvalue weighted by molar-refractivity contribution is -0.121. The van der Waals surface area contributed by atoms with E-state index in [0.29, 0.717) is 12.4 Å². The van der Waals surface area contributed by atoms with Crippen molar-refractivity contribution in [3.63, 3.8) is 0 Å². The average molecular weight is 362 g/mol. The van der Waals surface area contributed by atoms with Gasteiger partial charge in [0.05, 0.1) is 11.7 Å². The summed E-state index contributed by atoms with van der Waals surface area (Å²) in [7, 11) is 0. The zero-order valence-corrected chi connectivity index (χ0v) is 13.7. The second kappa shape index (κ2) is 6.40. The van der Waals surface area contributed by atoms with E-state index in [1.54, 1.807) is 4.90 Å². The summed E-state index contributed by atoms with van der Waals surface area (Å²) in [5.74, 6) is 1.32. The van der Waals surface area contributed by atoms with Crippen LogP contribution >= 0.6 is 15.9 Å². The predicted molar refractivity (Wildman–Crippen MR) is 88.5 cm³/mol. The molecule has 0 fully saturated rings. The molecule has 1 amide bonds. The van der Waals surface area contributed by atoms with Crippen molar-refractivity contribution in [3.8, 4) is 11.5 Å². The first-order chi connectivity index (χ1) is 10.6. The van der Waals surface area contributed by atoms with Crippen LogP contribution in [0.25, 0.3) is 0 Å². The lowest BCUT2D eigenvalue weighted by atomic mass is 10.1. The Morgan fingerprint density at radius 2 is 2.09 bits per heavy atom. The van der Waals surface area contributed by atoms with E-state index in [0.717, 1.165) is 15.9 Å². The molecule has 1 atom stereocenters. The van der Waals surface area contributed by atoms with Gasteiger partial charge in [0.15, 0.2) is 6.61 Å². The molecule has 0 saturated heterocycles. The van der Waals surface area contributed by atoms with E-state index >= 15 is 0 Å². The second-order valence-electron chi connectivity index (χ2n) is 5.14. The fourth-order valence-electron chi connectivity index (χ4n) is 2.43. The number of benzene rings is 2. The van der Waals surface area contributed by atoms with Crippen molar-refractivity contribution in [2.24, 2.45) is 0 Å². The molecule has 1 heterocycles. The maximum Gasteiger partial charge on any atom is 0.265 e. The maximum absolute atomic E-state index is 12.6. The van der Waals surface area contributed by atoms with Gasteiger partial charge in [0.25, 0.3) is 5.91 Å². The molecular formula is C17H16BrNO3. The standard InChI is InChI=1S/C17H16BrNO3/c1-12-10-22-16-8-7-13(18)9-15(16)19(12)17(20)11-21-14-5-3-2-4-6-14/h2-9,12H,10-11H2,1H3. The molecule has 0 aromatic heterocycles. The quantitative estimate of drug-likeness (QED) is 0.837. The molecule has 114 valence electrons. The van der Waals surface area contributed by atoms with Crippen LogP contribution in [0.4, 0.5) is 5.69 Å². The van der Waals surface area contributed by atoms with Crippen LogP contribution in [0, 0.1) is 0 Å². The van der Waals surface area contributed by atoms with Gasteiger partial charge in [0.2, 0.25) is 0 Å². The van der Waals surface area contributed by atoms with Crippen molar-refractivity contribution in [2.45, 2.75) is 13.0 Å². The van der Waals surface area contributed by atoms with Crippen LogP contribution in [0.3, 0.4) is 0 Å². The van der Waals surface area contributed by atoms with Crippen molar-refractivity contribution in [3.05, 3.63) is 53.0 Å². The number of amides is 1. The van der Waals surface area contributed by atoms with Gasteiger partial charge in [0.1, 0.15) is 18.1 Å². The Bertz CT molecular complexity index is 675. The number of anilines is 1. The minimum Gasteiger partial charge on any atom is -0.489 e. The number of hydrogen-bond donors (Lipinski definition) is 0. The third-order valence-electron chi connectivity index (χ3n) is 3.48. The molecule has 1 aliphatic rings. The van der Waals surface area contributed by atoms with E-state index in [4.69, 9.17) is 9.47 Å².